The number of hydrogen-bond donors (Lipinski definition) is 1. The number of nitrogens with one attached hydrogen (secondary N) is 1. The number of hydrogen-bond acceptors (Lipinski definition) is 3. The van der Waals surface area contributed by atoms with E-state index in [9.17, 15) is 0 Å². The molecule has 1 N–H and O–H groups in total. The molecule has 4 nitrogen and oxygen atoms in total. The summed E-state index contributed by atoms with van der Waals surface area (Å²) in [7, 11) is 0. The van der Waals surface area contributed by atoms with Crippen LogP contribution in [0.15, 0.2) is 0 Å². The summed E-state index contributed by atoms with van der Waals surface area (Å²) >= 11 is 0. The first kappa shape index (κ1) is 8.53. The predicted molar refractivity (Wildman–Crippen MR) is 51.6 cm³/mol. The minimum Gasteiger partial charge on any atom is -0.354 e. The van der Waals surface area contributed by atoms with Gasteiger partial charge < -0.3 is 5.32 Å². The Labute approximate surface area is 78.4 Å². The first-order valence-corrected chi connectivity index (χ1v) is 4.72. The monoisotopic (exact) mass is 180 g/mol. The van der Waals surface area contributed by atoms with Crippen LogP contribution in [0.2, 0.25) is 0 Å². The molecule has 0 bridgehead atoms. The van der Waals surface area contributed by atoms with Crippen molar-refractivity contribution in [2.75, 3.05) is 11.9 Å². The average Bonchev–Trinajstić information content (AvgIpc) is 2.23. The number of nitrogens with zero attached hydrogens (tertiary/aromatic N) is 3. The maximum Gasteiger partial charge on any atom is 0.221 e. The molecule has 0 aliphatic carbocycles. The summed E-state index contributed by atoms with van der Waals surface area (Å²) < 4.78 is 1.97. The van der Waals surface area contributed by atoms with Gasteiger partial charge in [0.15, 0.2) is 0 Å². The lowest BCUT2D eigenvalue weighted by molar-refractivity contribution is 0.287. The third-order valence-corrected chi connectivity index (χ3v) is 2.44. The van der Waals surface area contributed by atoms with Crippen molar-refractivity contribution in [1.29, 1.82) is 0 Å². The third kappa shape index (κ3) is 1.66. The van der Waals surface area contributed by atoms with E-state index in [-0.39, 0.29) is 0 Å². The SMILES string of the molecule is Cc1nc2n(n1)CC(C)(C)CCN2. The van der Waals surface area contributed by atoms with Crippen LogP contribution in [0, 0.1) is 12.3 Å². The van der Waals surface area contributed by atoms with Gasteiger partial charge in [0.25, 0.3) is 0 Å². The third-order valence-electron chi connectivity index (χ3n) is 2.44. The molecule has 1 aromatic heterocycles. The van der Waals surface area contributed by atoms with Gasteiger partial charge in [0.05, 0.1) is 0 Å². The van der Waals surface area contributed by atoms with Gasteiger partial charge in [-0.3, -0.25) is 0 Å². The summed E-state index contributed by atoms with van der Waals surface area (Å²) in [6, 6.07) is 0. The number of rotatable bonds is 0. The van der Waals surface area contributed by atoms with Gasteiger partial charge in [0.1, 0.15) is 5.82 Å². The molecule has 4 heteroatoms. The normalized spacial score (nSPS) is 20.2. The summed E-state index contributed by atoms with van der Waals surface area (Å²) in [5.74, 6) is 1.77. The molecule has 2 heterocycles. The number of aryl methyl sites for hydroxylation is 1. The zero-order valence-electron chi connectivity index (χ0n) is 8.46. The van der Waals surface area contributed by atoms with E-state index in [1.54, 1.807) is 0 Å². The Morgan fingerprint density at radius 1 is 1.46 bits per heavy atom. The maximum absolute atomic E-state index is 4.35. The van der Waals surface area contributed by atoms with Crippen LogP contribution in [0.3, 0.4) is 0 Å². The van der Waals surface area contributed by atoms with Crippen molar-refractivity contribution in [2.24, 2.45) is 5.41 Å². The van der Waals surface area contributed by atoms with Crippen molar-refractivity contribution >= 4 is 5.95 Å². The van der Waals surface area contributed by atoms with Crippen LogP contribution in [0.1, 0.15) is 26.1 Å². The van der Waals surface area contributed by atoms with Crippen LogP contribution in [0.4, 0.5) is 5.95 Å². The van der Waals surface area contributed by atoms with Gasteiger partial charge in [-0.1, -0.05) is 13.8 Å². The summed E-state index contributed by atoms with van der Waals surface area (Å²) in [5.41, 5.74) is 0.318. The largest absolute Gasteiger partial charge is 0.354 e. The molecule has 0 saturated carbocycles. The Morgan fingerprint density at radius 2 is 2.23 bits per heavy atom. The number of aromatic nitrogens is 3. The molecular formula is C9H16N4. The van der Waals surface area contributed by atoms with Crippen LogP contribution in [0.5, 0.6) is 0 Å². The molecule has 0 unspecified atom stereocenters. The first-order chi connectivity index (χ1) is 6.07. The van der Waals surface area contributed by atoms with E-state index in [1.807, 2.05) is 11.6 Å². The highest BCUT2D eigenvalue weighted by Crippen LogP contribution is 2.26. The Bertz CT molecular complexity index is 313. The van der Waals surface area contributed by atoms with Crippen molar-refractivity contribution in [2.45, 2.75) is 33.7 Å². The van der Waals surface area contributed by atoms with E-state index in [1.165, 1.54) is 0 Å². The Hall–Kier alpha value is -1.06. The molecule has 0 fully saturated rings. The van der Waals surface area contributed by atoms with E-state index in [2.05, 4.69) is 29.2 Å². The minimum atomic E-state index is 0.318. The minimum absolute atomic E-state index is 0.318. The first-order valence-electron chi connectivity index (χ1n) is 4.72. The summed E-state index contributed by atoms with van der Waals surface area (Å²) in [6.07, 6.45) is 1.16. The van der Waals surface area contributed by atoms with Crippen molar-refractivity contribution < 1.29 is 0 Å². The van der Waals surface area contributed by atoms with Crippen LogP contribution in [0.25, 0.3) is 0 Å². The van der Waals surface area contributed by atoms with E-state index < -0.39 is 0 Å². The van der Waals surface area contributed by atoms with Crippen LogP contribution in [-0.2, 0) is 6.54 Å². The van der Waals surface area contributed by atoms with Crippen molar-refractivity contribution in [1.82, 2.24) is 14.8 Å². The van der Waals surface area contributed by atoms with E-state index >= 15 is 0 Å². The molecule has 0 saturated heterocycles. The highest BCUT2D eigenvalue weighted by atomic mass is 15.4. The topological polar surface area (TPSA) is 42.7 Å². The van der Waals surface area contributed by atoms with Gasteiger partial charge in [0, 0.05) is 13.1 Å². The van der Waals surface area contributed by atoms with Gasteiger partial charge in [-0.15, -0.1) is 0 Å². The van der Waals surface area contributed by atoms with Gasteiger partial charge in [0.2, 0.25) is 5.95 Å². The van der Waals surface area contributed by atoms with Crippen molar-refractivity contribution in [3.05, 3.63) is 5.82 Å². The molecule has 0 aromatic carbocycles. The zero-order valence-corrected chi connectivity index (χ0v) is 8.46. The van der Waals surface area contributed by atoms with Crippen molar-refractivity contribution in [3.8, 4) is 0 Å². The second kappa shape index (κ2) is 2.72. The van der Waals surface area contributed by atoms with Crippen LogP contribution < -0.4 is 5.32 Å². The molecule has 72 valence electrons. The summed E-state index contributed by atoms with van der Waals surface area (Å²) in [5, 5.41) is 7.64. The van der Waals surface area contributed by atoms with E-state index in [4.69, 9.17) is 0 Å². The lowest BCUT2D eigenvalue weighted by atomic mass is 9.90. The summed E-state index contributed by atoms with van der Waals surface area (Å²) in [4.78, 5) is 4.32. The van der Waals surface area contributed by atoms with Gasteiger partial charge >= 0.3 is 0 Å². The highest BCUT2D eigenvalue weighted by molar-refractivity contribution is 5.26. The summed E-state index contributed by atoms with van der Waals surface area (Å²) in [6.45, 7) is 8.40. The number of fused-ring (bicyclic) bond motifs is 1. The molecular weight excluding hydrogens is 164 g/mol. The average molecular weight is 180 g/mol. The molecule has 0 spiro atoms. The zero-order chi connectivity index (χ0) is 9.47. The second-order valence-electron chi connectivity index (χ2n) is 4.48. The van der Waals surface area contributed by atoms with Crippen LogP contribution >= 0.6 is 0 Å². The second-order valence-corrected chi connectivity index (χ2v) is 4.48. The van der Waals surface area contributed by atoms with Crippen LogP contribution in [-0.4, -0.2) is 21.3 Å². The predicted octanol–water partition coefficient (Wildman–Crippen LogP) is 1.43. The molecule has 0 amide bonds. The van der Waals surface area contributed by atoms with E-state index in [0.29, 0.717) is 5.41 Å². The smallest absolute Gasteiger partial charge is 0.221 e. The standard InChI is InChI=1S/C9H16N4/c1-7-11-8-10-5-4-9(2,3)6-13(8)12-7/h4-6H2,1-3H3,(H,10,11,12). The Balaban J connectivity index is 2.33. The fourth-order valence-electron chi connectivity index (χ4n) is 1.69. The number of anilines is 1. The van der Waals surface area contributed by atoms with Gasteiger partial charge in [-0.25, -0.2) is 4.68 Å². The fraction of sp³-hybridized carbons (Fsp3) is 0.778. The molecule has 0 radical (unpaired) electrons. The molecule has 1 aliphatic heterocycles. The Morgan fingerprint density at radius 3 is 3.00 bits per heavy atom. The molecule has 13 heavy (non-hydrogen) atoms. The Kier molecular flexibility index (Phi) is 1.78. The van der Waals surface area contributed by atoms with E-state index in [0.717, 1.165) is 31.3 Å². The molecule has 2 rings (SSSR count). The van der Waals surface area contributed by atoms with Gasteiger partial charge in [-0.2, -0.15) is 10.1 Å². The molecule has 0 atom stereocenters. The quantitative estimate of drug-likeness (QED) is 0.656. The van der Waals surface area contributed by atoms with Crippen molar-refractivity contribution in [3.63, 3.8) is 0 Å². The molecule has 1 aliphatic rings. The lowest BCUT2D eigenvalue weighted by Gasteiger charge is -2.20. The van der Waals surface area contributed by atoms with Gasteiger partial charge in [-0.05, 0) is 18.8 Å². The highest BCUT2D eigenvalue weighted by Gasteiger charge is 2.24. The fourth-order valence-corrected chi connectivity index (χ4v) is 1.69. The lowest BCUT2D eigenvalue weighted by Crippen LogP contribution is -2.19. The molecule has 1 aromatic rings. The maximum atomic E-state index is 4.35.